The summed E-state index contributed by atoms with van der Waals surface area (Å²) < 4.78 is 15.8. The fourth-order valence-electron chi connectivity index (χ4n) is 4.11. The van der Waals surface area contributed by atoms with E-state index in [0.717, 1.165) is 22.8 Å². The van der Waals surface area contributed by atoms with Crippen molar-refractivity contribution < 1.29 is 4.39 Å². The lowest BCUT2D eigenvalue weighted by Crippen LogP contribution is -2.30. The molecule has 0 bridgehead atoms. The second-order valence-corrected chi connectivity index (χ2v) is 8.00. The number of aryl methyl sites for hydroxylation is 1. The SMILES string of the molecule is Cc1ccc(-n2cccc2[C@@H]2[C@@H](c3ccccn3)NC(=S)N2c2ccc(F)cc2)cc1. The van der Waals surface area contributed by atoms with Gasteiger partial charge in [-0.1, -0.05) is 23.8 Å². The molecule has 0 aliphatic carbocycles. The first-order chi connectivity index (χ1) is 15.1. The molecule has 5 rings (SSSR count). The average Bonchev–Trinajstić information content (AvgIpc) is 3.40. The molecule has 4 aromatic rings. The summed E-state index contributed by atoms with van der Waals surface area (Å²) in [4.78, 5) is 6.64. The molecule has 154 valence electrons. The highest BCUT2D eigenvalue weighted by atomic mass is 32.1. The van der Waals surface area contributed by atoms with Crippen LogP contribution in [0.3, 0.4) is 0 Å². The molecule has 0 spiro atoms. The summed E-state index contributed by atoms with van der Waals surface area (Å²) in [5, 5.41) is 4.03. The number of nitrogens with zero attached hydrogens (tertiary/aromatic N) is 3. The molecule has 0 radical (unpaired) electrons. The van der Waals surface area contributed by atoms with E-state index in [1.807, 2.05) is 29.2 Å². The standard InChI is InChI=1S/C25H21FN4S/c1-17-7-11-19(12-8-17)29-16-4-6-22(29)24-23(21-5-2-3-15-27-21)28-25(31)30(24)20-13-9-18(26)10-14-20/h2-16,23-24H,1H3,(H,28,31)/t23-,24-/m1/s1. The molecule has 2 aromatic heterocycles. The van der Waals surface area contributed by atoms with E-state index < -0.39 is 0 Å². The number of pyridine rings is 1. The molecule has 1 N–H and O–H groups in total. The lowest BCUT2D eigenvalue weighted by Gasteiger charge is -2.29. The maximum atomic E-state index is 13.6. The van der Waals surface area contributed by atoms with Crippen LogP contribution in [0.1, 0.15) is 29.0 Å². The van der Waals surface area contributed by atoms with Crippen LogP contribution in [0.25, 0.3) is 5.69 Å². The number of hydrogen-bond donors (Lipinski definition) is 1. The highest BCUT2D eigenvalue weighted by Gasteiger charge is 2.42. The van der Waals surface area contributed by atoms with Crippen LogP contribution in [-0.2, 0) is 0 Å². The van der Waals surface area contributed by atoms with E-state index >= 15 is 0 Å². The third kappa shape index (κ3) is 3.59. The van der Waals surface area contributed by atoms with Gasteiger partial charge in [-0.25, -0.2) is 4.39 Å². The molecule has 0 saturated carbocycles. The Morgan fingerprint density at radius 1 is 0.903 bits per heavy atom. The number of halogens is 1. The Morgan fingerprint density at radius 2 is 1.65 bits per heavy atom. The van der Waals surface area contributed by atoms with Gasteiger partial charge < -0.3 is 14.8 Å². The molecule has 0 unspecified atom stereocenters. The summed E-state index contributed by atoms with van der Waals surface area (Å²) in [5.41, 5.74) is 5.08. The number of rotatable bonds is 4. The van der Waals surface area contributed by atoms with Gasteiger partial charge in [0.2, 0.25) is 0 Å². The molecule has 1 aliphatic heterocycles. The fraction of sp³-hybridized carbons (Fsp3) is 0.120. The van der Waals surface area contributed by atoms with Crippen LogP contribution in [0, 0.1) is 12.7 Å². The van der Waals surface area contributed by atoms with Crippen molar-refractivity contribution in [2.45, 2.75) is 19.0 Å². The van der Waals surface area contributed by atoms with Crippen LogP contribution in [-0.4, -0.2) is 14.7 Å². The molecule has 31 heavy (non-hydrogen) atoms. The molecule has 1 aliphatic rings. The maximum absolute atomic E-state index is 13.6. The van der Waals surface area contributed by atoms with E-state index in [4.69, 9.17) is 12.2 Å². The summed E-state index contributed by atoms with van der Waals surface area (Å²) in [7, 11) is 0. The fourth-order valence-corrected chi connectivity index (χ4v) is 4.46. The Balaban J connectivity index is 1.66. The molecule has 2 aromatic carbocycles. The largest absolute Gasteiger partial charge is 0.351 e. The first kappa shape index (κ1) is 19.5. The summed E-state index contributed by atoms with van der Waals surface area (Å²) in [6, 6.07) is 24.6. The molecule has 3 heterocycles. The zero-order chi connectivity index (χ0) is 21.4. The quantitative estimate of drug-likeness (QED) is 0.435. The second-order valence-electron chi connectivity index (χ2n) is 7.61. The Bertz CT molecular complexity index is 1200. The normalized spacial score (nSPS) is 18.3. The van der Waals surface area contributed by atoms with Crippen LogP contribution in [0.4, 0.5) is 10.1 Å². The predicted molar refractivity (Wildman–Crippen MR) is 125 cm³/mol. The van der Waals surface area contributed by atoms with Gasteiger partial charge in [0.25, 0.3) is 0 Å². The van der Waals surface area contributed by atoms with Crippen molar-refractivity contribution in [3.8, 4) is 5.69 Å². The van der Waals surface area contributed by atoms with Crippen molar-refractivity contribution in [2.24, 2.45) is 0 Å². The Morgan fingerprint density at radius 3 is 2.35 bits per heavy atom. The predicted octanol–water partition coefficient (Wildman–Crippen LogP) is 5.50. The lowest BCUT2D eigenvalue weighted by molar-refractivity contribution is 0.549. The van der Waals surface area contributed by atoms with Crippen LogP contribution >= 0.6 is 12.2 Å². The number of hydrogen-bond acceptors (Lipinski definition) is 2. The van der Waals surface area contributed by atoms with Gasteiger partial charge in [-0.05, 0) is 79.8 Å². The van der Waals surface area contributed by atoms with Crippen molar-refractivity contribution in [2.75, 3.05) is 4.90 Å². The van der Waals surface area contributed by atoms with Crippen molar-refractivity contribution in [1.82, 2.24) is 14.9 Å². The first-order valence-electron chi connectivity index (χ1n) is 10.1. The summed E-state index contributed by atoms with van der Waals surface area (Å²) in [6.45, 7) is 2.08. The van der Waals surface area contributed by atoms with E-state index in [1.165, 1.54) is 17.7 Å². The molecular weight excluding hydrogens is 407 g/mol. The Labute approximate surface area is 186 Å². The van der Waals surface area contributed by atoms with Gasteiger partial charge in [0.15, 0.2) is 5.11 Å². The molecule has 4 nitrogen and oxygen atoms in total. The number of benzene rings is 2. The van der Waals surface area contributed by atoms with Crippen molar-refractivity contribution >= 4 is 23.0 Å². The minimum absolute atomic E-state index is 0.155. The van der Waals surface area contributed by atoms with Crippen LogP contribution in [0.2, 0.25) is 0 Å². The topological polar surface area (TPSA) is 33.1 Å². The van der Waals surface area contributed by atoms with Crippen LogP contribution in [0.5, 0.6) is 0 Å². The van der Waals surface area contributed by atoms with Crippen LogP contribution in [0.15, 0.2) is 91.3 Å². The highest BCUT2D eigenvalue weighted by Crippen LogP contribution is 2.42. The molecule has 0 amide bonds. The summed E-state index contributed by atoms with van der Waals surface area (Å²) in [6.07, 6.45) is 3.84. The Hall–Kier alpha value is -3.51. The van der Waals surface area contributed by atoms with E-state index in [0.29, 0.717) is 5.11 Å². The van der Waals surface area contributed by atoms with E-state index in [9.17, 15) is 4.39 Å². The van der Waals surface area contributed by atoms with Gasteiger partial charge in [-0.15, -0.1) is 0 Å². The minimum Gasteiger partial charge on any atom is -0.351 e. The van der Waals surface area contributed by atoms with E-state index in [-0.39, 0.29) is 17.9 Å². The Kier molecular flexibility index (Phi) is 5.00. The average molecular weight is 429 g/mol. The van der Waals surface area contributed by atoms with E-state index in [2.05, 4.69) is 58.3 Å². The van der Waals surface area contributed by atoms with Gasteiger partial charge in [0.1, 0.15) is 11.9 Å². The summed E-state index contributed by atoms with van der Waals surface area (Å²) in [5.74, 6) is -0.275. The molecule has 1 saturated heterocycles. The first-order valence-corrected chi connectivity index (χ1v) is 10.5. The van der Waals surface area contributed by atoms with Gasteiger partial charge >= 0.3 is 0 Å². The van der Waals surface area contributed by atoms with Gasteiger partial charge in [0.05, 0.1) is 11.7 Å². The van der Waals surface area contributed by atoms with Crippen molar-refractivity contribution in [3.63, 3.8) is 0 Å². The van der Waals surface area contributed by atoms with Crippen molar-refractivity contribution in [3.05, 3.63) is 114 Å². The number of anilines is 1. The third-order valence-electron chi connectivity index (χ3n) is 5.60. The van der Waals surface area contributed by atoms with E-state index in [1.54, 1.807) is 18.3 Å². The highest BCUT2D eigenvalue weighted by molar-refractivity contribution is 7.80. The molecule has 6 heteroatoms. The zero-order valence-corrected chi connectivity index (χ0v) is 17.8. The summed E-state index contributed by atoms with van der Waals surface area (Å²) >= 11 is 5.74. The molecule has 1 fully saturated rings. The lowest BCUT2D eigenvalue weighted by atomic mass is 10.0. The van der Waals surface area contributed by atoms with Crippen molar-refractivity contribution in [1.29, 1.82) is 0 Å². The molecular formula is C25H21FN4S. The molecule has 2 atom stereocenters. The zero-order valence-electron chi connectivity index (χ0n) is 16.9. The smallest absolute Gasteiger partial charge is 0.174 e. The van der Waals surface area contributed by atoms with Gasteiger partial charge in [-0.3, -0.25) is 4.98 Å². The van der Waals surface area contributed by atoms with Gasteiger partial charge in [0, 0.05) is 29.5 Å². The number of aromatic nitrogens is 2. The minimum atomic E-state index is -0.275. The van der Waals surface area contributed by atoms with Crippen LogP contribution < -0.4 is 10.2 Å². The number of nitrogens with one attached hydrogen (secondary N) is 1. The van der Waals surface area contributed by atoms with Gasteiger partial charge in [-0.2, -0.15) is 0 Å². The third-order valence-corrected chi connectivity index (χ3v) is 5.91. The number of thiocarbonyl (C=S) groups is 1. The monoisotopic (exact) mass is 428 g/mol. The maximum Gasteiger partial charge on any atom is 0.174 e. The second kappa shape index (κ2) is 7.96.